The van der Waals surface area contributed by atoms with E-state index in [1.165, 1.54) is 0 Å². The van der Waals surface area contributed by atoms with Crippen LogP contribution in [0.1, 0.15) is 37.0 Å². The van der Waals surface area contributed by atoms with Gasteiger partial charge in [-0.05, 0) is 43.5 Å². The highest BCUT2D eigenvalue weighted by Gasteiger charge is 2.31. The highest BCUT2D eigenvalue weighted by Crippen LogP contribution is 2.26. The Labute approximate surface area is 214 Å². The molecule has 0 saturated heterocycles. The summed E-state index contributed by atoms with van der Waals surface area (Å²) in [7, 11) is 1.56. The highest BCUT2D eigenvalue weighted by atomic mass is 16.5. The number of carbonyl (C=O) groups is 2. The van der Waals surface area contributed by atoms with Crippen molar-refractivity contribution in [1.82, 2.24) is 10.2 Å². The minimum Gasteiger partial charge on any atom is -0.493 e. The number of methoxy groups -OCH3 is 1. The van der Waals surface area contributed by atoms with Gasteiger partial charge < -0.3 is 19.7 Å². The molecule has 3 aromatic carbocycles. The van der Waals surface area contributed by atoms with E-state index in [1.807, 2.05) is 87.5 Å². The number of amides is 2. The van der Waals surface area contributed by atoms with E-state index in [9.17, 15) is 9.59 Å². The molecule has 0 fully saturated rings. The number of benzene rings is 3. The van der Waals surface area contributed by atoms with Gasteiger partial charge in [0.15, 0.2) is 18.1 Å². The van der Waals surface area contributed by atoms with Gasteiger partial charge >= 0.3 is 0 Å². The van der Waals surface area contributed by atoms with E-state index < -0.39 is 6.04 Å². The molecule has 0 bridgehead atoms. The van der Waals surface area contributed by atoms with Crippen molar-refractivity contribution in [2.24, 2.45) is 0 Å². The van der Waals surface area contributed by atoms with Crippen LogP contribution in [0.15, 0.2) is 78.9 Å². The SMILES string of the molecule is CC[C@@H](C)NC(=O)[C@@H](Cc1ccccc1)N(Cc1ccc(C)cc1)C(=O)COc1ccccc1OC. The lowest BCUT2D eigenvalue weighted by Crippen LogP contribution is -2.53. The van der Waals surface area contributed by atoms with Crippen LogP contribution >= 0.6 is 0 Å². The summed E-state index contributed by atoms with van der Waals surface area (Å²) in [6, 6.07) is 24.3. The summed E-state index contributed by atoms with van der Waals surface area (Å²) < 4.78 is 11.2. The molecule has 3 rings (SSSR count). The molecule has 0 aliphatic carbocycles. The summed E-state index contributed by atoms with van der Waals surface area (Å²) in [6.45, 7) is 6.08. The predicted octanol–water partition coefficient (Wildman–Crippen LogP) is 4.94. The third kappa shape index (κ3) is 7.60. The standard InChI is InChI=1S/C30H36N2O4/c1-5-23(3)31-30(34)26(19-24-11-7-6-8-12-24)32(20-25-17-15-22(2)16-18-25)29(33)21-36-28-14-10-9-13-27(28)35-4/h6-18,23,26H,5,19-21H2,1-4H3,(H,31,34)/t23-,26-/m1/s1. The Hall–Kier alpha value is -3.80. The molecule has 36 heavy (non-hydrogen) atoms. The molecule has 0 aromatic heterocycles. The molecule has 6 nitrogen and oxygen atoms in total. The first-order valence-corrected chi connectivity index (χ1v) is 12.4. The third-order valence-electron chi connectivity index (χ3n) is 6.17. The Balaban J connectivity index is 1.92. The second-order valence-corrected chi connectivity index (χ2v) is 8.97. The van der Waals surface area contributed by atoms with Crippen molar-refractivity contribution < 1.29 is 19.1 Å². The molecule has 3 aromatic rings. The van der Waals surface area contributed by atoms with Gasteiger partial charge in [-0.15, -0.1) is 0 Å². The minimum atomic E-state index is -0.698. The van der Waals surface area contributed by atoms with Crippen molar-refractivity contribution in [3.63, 3.8) is 0 Å². The van der Waals surface area contributed by atoms with Gasteiger partial charge in [-0.1, -0.05) is 79.2 Å². The number of para-hydroxylation sites is 2. The van der Waals surface area contributed by atoms with Crippen LogP contribution in [0.25, 0.3) is 0 Å². The van der Waals surface area contributed by atoms with Crippen LogP contribution in [0.4, 0.5) is 0 Å². The zero-order valence-electron chi connectivity index (χ0n) is 21.6. The van der Waals surface area contributed by atoms with Crippen LogP contribution in [0.2, 0.25) is 0 Å². The molecule has 0 unspecified atom stereocenters. The fourth-order valence-corrected chi connectivity index (χ4v) is 3.85. The second-order valence-electron chi connectivity index (χ2n) is 8.97. The van der Waals surface area contributed by atoms with E-state index >= 15 is 0 Å². The molecule has 0 aliphatic heterocycles. The molecule has 0 heterocycles. The first-order chi connectivity index (χ1) is 17.4. The van der Waals surface area contributed by atoms with E-state index in [2.05, 4.69) is 5.32 Å². The normalized spacial score (nSPS) is 12.3. The molecule has 0 spiro atoms. The largest absolute Gasteiger partial charge is 0.493 e. The van der Waals surface area contributed by atoms with Crippen LogP contribution in [0.3, 0.4) is 0 Å². The summed E-state index contributed by atoms with van der Waals surface area (Å²) in [5.41, 5.74) is 3.06. The van der Waals surface area contributed by atoms with Crippen LogP contribution in [0, 0.1) is 6.92 Å². The Kier molecular flexibility index (Phi) is 9.92. The average molecular weight is 489 g/mol. The van der Waals surface area contributed by atoms with E-state index in [-0.39, 0.29) is 24.5 Å². The first kappa shape index (κ1) is 26.8. The maximum absolute atomic E-state index is 13.7. The number of ether oxygens (including phenoxy) is 2. The summed E-state index contributed by atoms with van der Waals surface area (Å²) in [6.07, 6.45) is 1.20. The van der Waals surface area contributed by atoms with Gasteiger partial charge in [-0.2, -0.15) is 0 Å². The predicted molar refractivity (Wildman–Crippen MR) is 142 cm³/mol. The van der Waals surface area contributed by atoms with Crippen molar-refractivity contribution in [3.05, 3.63) is 95.6 Å². The molecule has 0 radical (unpaired) electrons. The highest BCUT2D eigenvalue weighted by molar-refractivity contribution is 5.88. The van der Waals surface area contributed by atoms with Gasteiger partial charge in [0.1, 0.15) is 6.04 Å². The second kappa shape index (κ2) is 13.3. The number of nitrogens with zero attached hydrogens (tertiary/aromatic N) is 1. The number of nitrogens with one attached hydrogen (secondary N) is 1. The van der Waals surface area contributed by atoms with Gasteiger partial charge in [-0.25, -0.2) is 0 Å². The topological polar surface area (TPSA) is 67.9 Å². The Morgan fingerprint density at radius 3 is 2.17 bits per heavy atom. The molecule has 6 heteroatoms. The lowest BCUT2D eigenvalue weighted by molar-refractivity contribution is -0.143. The maximum atomic E-state index is 13.7. The molecule has 0 saturated carbocycles. The number of hydrogen-bond donors (Lipinski definition) is 1. The monoisotopic (exact) mass is 488 g/mol. The summed E-state index contributed by atoms with van der Waals surface area (Å²) in [5, 5.41) is 3.08. The fraction of sp³-hybridized carbons (Fsp3) is 0.333. The van der Waals surface area contributed by atoms with Crippen molar-refractivity contribution in [2.45, 2.75) is 52.2 Å². The molecule has 0 aliphatic rings. The van der Waals surface area contributed by atoms with E-state index in [0.717, 1.165) is 23.1 Å². The molecule has 190 valence electrons. The average Bonchev–Trinajstić information content (AvgIpc) is 2.90. The summed E-state index contributed by atoms with van der Waals surface area (Å²) in [5.74, 6) is 0.575. The molecular weight excluding hydrogens is 452 g/mol. The Morgan fingerprint density at radius 2 is 1.53 bits per heavy atom. The number of aryl methyl sites for hydroxylation is 1. The van der Waals surface area contributed by atoms with E-state index in [0.29, 0.717) is 24.5 Å². The zero-order valence-corrected chi connectivity index (χ0v) is 21.6. The smallest absolute Gasteiger partial charge is 0.261 e. The number of carbonyl (C=O) groups excluding carboxylic acids is 2. The third-order valence-corrected chi connectivity index (χ3v) is 6.17. The molecule has 2 amide bonds. The molecular formula is C30H36N2O4. The summed E-state index contributed by atoms with van der Waals surface area (Å²) in [4.78, 5) is 28.8. The van der Waals surface area contributed by atoms with Crippen LogP contribution < -0.4 is 14.8 Å². The lowest BCUT2D eigenvalue weighted by atomic mass is 10.0. The minimum absolute atomic E-state index is 0.00284. The quantitative estimate of drug-likeness (QED) is 0.392. The zero-order chi connectivity index (χ0) is 25.9. The lowest BCUT2D eigenvalue weighted by Gasteiger charge is -2.32. The fourth-order valence-electron chi connectivity index (χ4n) is 3.85. The van der Waals surface area contributed by atoms with Crippen molar-refractivity contribution >= 4 is 11.8 Å². The van der Waals surface area contributed by atoms with Crippen LogP contribution in [-0.2, 0) is 22.6 Å². The maximum Gasteiger partial charge on any atom is 0.261 e. The molecule has 1 N–H and O–H groups in total. The van der Waals surface area contributed by atoms with Gasteiger partial charge in [0.05, 0.1) is 7.11 Å². The first-order valence-electron chi connectivity index (χ1n) is 12.4. The van der Waals surface area contributed by atoms with Gasteiger partial charge in [-0.3, -0.25) is 9.59 Å². The Bertz CT molecular complexity index is 1120. The Morgan fingerprint density at radius 1 is 0.889 bits per heavy atom. The van der Waals surface area contributed by atoms with E-state index in [1.54, 1.807) is 24.1 Å². The van der Waals surface area contributed by atoms with Crippen molar-refractivity contribution in [2.75, 3.05) is 13.7 Å². The van der Waals surface area contributed by atoms with Crippen LogP contribution in [0.5, 0.6) is 11.5 Å². The number of hydrogen-bond acceptors (Lipinski definition) is 4. The van der Waals surface area contributed by atoms with E-state index in [4.69, 9.17) is 9.47 Å². The van der Waals surface area contributed by atoms with Gasteiger partial charge in [0.25, 0.3) is 5.91 Å². The van der Waals surface area contributed by atoms with Crippen molar-refractivity contribution in [3.8, 4) is 11.5 Å². The number of rotatable bonds is 12. The van der Waals surface area contributed by atoms with Crippen LogP contribution in [-0.4, -0.2) is 42.5 Å². The summed E-state index contributed by atoms with van der Waals surface area (Å²) >= 11 is 0. The molecule has 2 atom stereocenters. The van der Waals surface area contributed by atoms with Crippen molar-refractivity contribution in [1.29, 1.82) is 0 Å². The van der Waals surface area contributed by atoms with Gasteiger partial charge in [0, 0.05) is 19.0 Å². The van der Waals surface area contributed by atoms with Gasteiger partial charge in [0.2, 0.25) is 5.91 Å².